The molecule has 0 aliphatic heterocycles. The Bertz CT molecular complexity index is 532. The van der Waals surface area contributed by atoms with Crippen LogP contribution in [0.5, 0.6) is 0 Å². The van der Waals surface area contributed by atoms with Crippen LogP contribution in [0.1, 0.15) is 20.3 Å². The number of rotatable bonds is 5. The highest BCUT2D eigenvalue weighted by atomic mass is 79.9. The summed E-state index contributed by atoms with van der Waals surface area (Å²) in [5.41, 5.74) is -0.562. The first kappa shape index (κ1) is 16.2. The molecule has 0 saturated carbocycles. The topological polar surface area (TPSA) is 46.2 Å². The number of hydrogen-bond donors (Lipinski definition) is 1. The predicted octanol–water partition coefficient (Wildman–Crippen LogP) is 3.84. The van der Waals surface area contributed by atoms with Crippen molar-refractivity contribution in [2.45, 2.75) is 30.7 Å². The van der Waals surface area contributed by atoms with Crippen LogP contribution in [0.3, 0.4) is 0 Å². The molecule has 1 N–H and O–H groups in total. The second-order valence-electron chi connectivity index (χ2n) is 4.50. The van der Waals surface area contributed by atoms with Crippen LogP contribution in [-0.4, -0.2) is 19.3 Å². The molecule has 0 aromatic heterocycles. The normalized spacial score (nSPS) is 12.7. The van der Waals surface area contributed by atoms with E-state index in [4.69, 9.17) is 23.2 Å². The molecular formula is C11H14BrCl2NO2S. The fourth-order valence-electron chi connectivity index (χ4n) is 1.39. The zero-order valence-corrected chi connectivity index (χ0v) is 13.9. The Kier molecular flexibility index (Phi) is 5.50. The van der Waals surface area contributed by atoms with Crippen LogP contribution >= 0.6 is 39.1 Å². The van der Waals surface area contributed by atoms with Gasteiger partial charge in [-0.25, -0.2) is 13.1 Å². The van der Waals surface area contributed by atoms with E-state index < -0.39 is 15.6 Å². The van der Waals surface area contributed by atoms with Crippen LogP contribution in [0.2, 0.25) is 10.0 Å². The number of sulfonamides is 1. The third-order valence-corrected chi connectivity index (χ3v) is 5.12. The Hall–Kier alpha value is 0.190. The minimum Gasteiger partial charge on any atom is -0.207 e. The molecule has 0 bridgehead atoms. The van der Waals surface area contributed by atoms with E-state index in [-0.39, 0.29) is 9.92 Å². The van der Waals surface area contributed by atoms with Crippen LogP contribution in [-0.2, 0) is 10.0 Å². The van der Waals surface area contributed by atoms with Gasteiger partial charge in [-0.1, -0.05) is 39.1 Å². The molecule has 0 aliphatic carbocycles. The molecule has 0 heterocycles. The second kappa shape index (κ2) is 6.09. The Labute approximate surface area is 126 Å². The smallest absolute Gasteiger partial charge is 0.207 e. The first-order valence-corrected chi connectivity index (χ1v) is 8.59. The van der Waals surface area contributed by atoms with E-state index in [1.807, 2.05) is 13.8 Å². The molecule has 3 nitrogen and oxygen atoms in total. The Morgan fingerprint density at radius 1 is 1.33 bits per heavy atom. The average Bonchev–Trinajstić information content (AvgIpc) is 2.19. The summed E-state index contributed by atoms with van der Waals surface area (Å²) >= 11 is 15.0. The van der Waals surface area contributed by atoms with Crippen LogP contribution in [0.4, 0.5) is 0 Å². The van der Waals surface area contributed by atoms with Crippen molar-refractivity contribution >= 4 is 49.2 Å². The van der Waals surface area contributed by atoms with Crippen molar-refractivity contribution in [3.63, 3.8) is 0 Å². The minimum atomic E-state index is -3.68. The molecule has 1 aromatic rings. The van der Waals surface area contributed by atoms with Gasteiger partial charge in [0.05, 0.1) is 5.02 Å². The predicted molar refractivity (Wildman–Crippen MR) is 79.3 cm³/mol. The van der Waals surface area contributed by atoms with Crippen molar-refractivity contribution in [2.75, 3.05) is 5.33 Å². The van der Waals surface area contributed by atoms with Gasteiger partial charge in [-0.15, -0.1) is 0 Å². The highest BCUT2D eigenvalue weighted by Gasteiger charge is 2.27. The Balaban J connectivity index is 3.11. The number of nitrogens with one attached hydrogen (secondary N) is 1. The second-order valence-corrected chi connectivity index (χ2v) is 7.79. The number of alkyl halides is 1. The molecule has 0 saturated heterocycles. The van der Waals surface area contributed by atoms with Gasteiger partial charge in [-0.2, -0.15) is 0 Å². The van der Waals surface area contributed by atoms with E-state index in [2.05, 4.69) is 20.7 Å². The molecule has 7 heteroatoms. The van der Waals surface area contributed by atoms with Crippen molar-refractivity contribution in [3.05, 3.63) is 28.2 Å². The maximum atomic E-state index is 12.2. The molecule has 0 atom stereocenters. The molecule has 0 unspecified atom stereocenters. The standard InChI is InChI=1S/C11H14BrCl2NO2S/c1-11(2,5-6-12)15-18(16,17)10-7-8(13)3-4-9(10)14/h3-4,7,15H,5-6H2,1-2H3. The van der Waals surface area contributed by atoms with Gasteiger partial charge in [0.1, 0.15) is 4.90 Å². The summed E-state index contributed by atoms with van der Waals surface area (Å²) in [6.07, 6.45) is 0.657. The molecule has 0 spiro atoms. The molecular weight excluding hydrogens is 361 g/mol. The van der Waals surface area contributed by atoms with E-state index in [1.165, 1.54) is 12.1 Å². The third-order valence-electron chi connectivity index (χ3n) is 2.31. The highest BCUT2D eigenvalue weighted by Crippen LogP contribution is 2.26. The van der Waals surface area contributed by atoms with Gasteiger partial charge in [-0.05, 0) is 38.5 Å². The van der Waals surface area contributed by atoms with E-state index in [9.17, 15) is 8.42 Å². The zero-order chi connectivity index (χ0) is 14.0. The zero-order valence-electron chi connectivity index (χ0n) is 10.0. The summed E-state index contributed by atoms with van der Waals surface area (Å²) in [5, 5.41) is 1.19. The van der Waals surface area contributed by atoms with E-state index in [0.29, 0.717) is 16.8 Å². The van der Waals surface area contributed by atoms with Gasteiger partial charge in [0.15, 0.2) is 0 Å². The van der Waals surface area contributed by atoms with Crippen molar-refractivity contribution in [3.8, 4) is 0 Å². The first-order valence-electron chi connectivity index (χ1n) is 5.23. The largest absolute Gasteiger partial charge is 0.242 e. The Morgan fingerprint density at radius 2 is 1.94 bits per heavy atom. The maximum absolute atomic E-state index is 12.2. The Morgan fingerprint density at radius 3 is 2.50 bits per heavy atom. The van der Waals surface area contributed by atoms with Gasteiger partial charge in [0.2, 0.25) is 10.0 Å². The van der Waals surface area contributed by atoms with Crippen LogP contribution in [0.25, 0.3) is 0 Å². The van der Waals surface area contributed by atoms with Crippen molar-refractivity contribution in [1.82, 2.24) is 4.72 Å². The monoisotopic (exact) mass is 373 g/mol. The first-order chi connectivity index (χ1) is 8.18. The lowest BCUT2D eigenvalue weighted by Crippen LogP contribution is -2.43. The number of halogens is 3. The third kappa shape index (κ3) is 4.38. The lowest BCUT2D eigenvalue weighted by Gasteiger charge is -2.25. The number of hydrogen-bond acceptors (Lipinski definition) is 2. The summed E-state index contributed by atoms with van der Waals surface area (Å²) < 4.78 is 27.1. The molecule has 0 radical (unpaired) electrons. The molecule has 18 heavy (non-hydrogen) atoms. The van der Waals surface area contributed by atoms with Crippen molar-refractivity contribution in [1.29, 1.82) is 0 Å². The summed E-state index contributed by atoms with van der Waals surface area (Å²) in [7, 11) is -3.68. The van der Waals surface area contributed by atoms with Gasteiger partial charge < -0.3 is 0 Å². The summed E-state index contributed by atoms with van der Waals surface area (Å²) in [5.74, 6) is 0. The minimum absolute atomic E-state index is 0.000635. The molecule has 0 aliphatic rings. The van der Waals surface area contributed by atoms with Crippen LogP contribution in [0, 0.1) is 0 Å². The molecule has 102 valence electrons. The molecule has 1 aromatic carbocycles. The molecule has 0 fully saturated rings. The lowest BCUT2D eigenvalue weighted by molar-refractivity contribution is 0.443. The van der Waals surface area contributed by atoms with Gasteiger partial charge in [-0.3, -0.25) is 0 Å². The lowest BCUT2D eigenvalue weighted by atomic mass is 10.0. The van der Waals surface area contributed by atoms with E-state index in [1.54, 1.807) is 6.07 Å². The summed E-state index contributed by atoms with van der Waals surface area (Å²) in [6.45, 7) is 3.62. The molecule has 0 amide bonds. The summed E-state index contributed by atoms with van der Waals surface area (Å²) in [6, 6.07) is 4.36. The van der Waals surface area contributed by atoms with Gasteiger partial charge in [0.25, 0.3) is 0 Å². The van der Waals surface area contributed by atoms with Gasteiger partial charge >= 0.3 is 0 Å². The van der Waals surface area contributed by atoms with Crippen LogP contribution in [0.15, 0.2) is 23.1 Å². The quantitative estimate of drug-likeness (QED) is 0.796. The van der Waals surface area contributed by atoms with Crippen molar-refractivity contribution < 1.29 is 8.42 Å². The average molecular weight is 375 g/mol. The number of benzene rings is 1. The van der Waals surface area contributed by atoms with E-state index in [0.717, 1.165) is 0 Å². The van der Waals surface area contributed by atoms with E-state index >= 15 is 0 Å². The highest BCUT2D eigenvalue weighted by molar-refractivity contribution is 9.09. The fourth-order valence-corrected chi connectivity index (χ4v) is 4.59. The van der Waals surface area contributed by atoms with Crippen molar-refractivity contribution in [2.24, 2.45) is 0 Å². The molecule has 1 rings (SSSR count). The van der Waals surface area contributed by atoms with Crippen LogP contribution < -0.4 is 4.72 Å². The fraction of sp³-hybridized carbons (Fsp3) is 0.455. The van der Waals surface area contributed by atoms with Gasteiger partial charge in [0, 0.05) is 15.9 Å². The SMILES string of the molecule is CC(C)(CCBr)NS(=O)(=O)c1cc(Cl)ccc1Cl. The summed E-state index contributed by atoms with van der Waals surface area (Å²) in [4.78, 5) is -0.000635. The maximum Gasteiger partial charge on any atom is 0.242 e.